The van der Waals surface area contributed by atoms with Crippen LogP contribution in [-0.4, -0.2) is 40.4 Å². The van der Waals surface area contributed by atoms with Gasteiger partial charge in [-0.15, -0.1) is 5.06 Å². The van der Waals surface area contributed by atoms with E-state index >= 15 is 0 Å². The molecule has 3 heterocycles. The summed E-state index contributed by atoms with van der Waals surface area (Å²) < 4.78 is 27.6. The van der Waals surface area contributed by atoms with Gasteiger partial charge in [-0.05, 0) is 63.0 Å². The predicted octanol–water partition coefficient (Wildman–Crippen LogP) is 3.40. The van der Waals surface area contributed by atoms with Crippen molar-refractivity contribution < 1.29 is 27.9 Å². The smallest absolute Gasteiger partial charge is 0.330 e. The van der Waals surface area contributed by atoms with Gasteiger partial charge < -0.3 is 9.32 Å². The summed E-state index contributed by atoms with van der Waals surface area (Å²) in [4.78, 5) is 43.9. The van der Waals surface area contributed by atoms with E-state index in [-0.39, 0.29) is 19.3 Å². The van der Waals surface area contributed by atoms with Crippen LogP contribution in [0.2, 0.25) is 0 Å². The topological polar surface area (TPSA) is 81.0 Å². The SMILES string of the molecule is Cc1cc(C)n(B(F)F)c1/C=C1/C=CC(CCCCC(=O)ON2C(=O)CCC2=O)=N1. The molecule has 1 aromatic rings. The lowest BCUT2D eigenvalue weighted by Crippen LogP contribution is -2.31. The summed E-state index contributed by atoms with van der Waals surface area (Å²) in [5, 5.41) is 0.544. The second-order valence-electron chi connectivity index (χ2n) is 7.26. The quantitative estimate of drug-likeness (QED) is 0.369. The van der Waals surface area contributed by atoms with E-state index < -0.39 is 25.2 Å². The van der Waals surface area contributed by atoms with Crippen molar-refractivity contribution in [2.45, 2.75) is 52.4 Å². The van der Waals surface area contributed by atoms with Gasteiger partial charge in [0.05, 0.1) is 5.70 Å². The van der Waals surface area contributed by atoms with Crippen LogP contribution in [0.5, 0.6) is 0 Å². The monoisotopic (exact) mass is 417 g/mol. The molecule has 10 heteroatoms. The molecule has 0 saturated carbocycles. The summed E-state index contributed by atoms with van der Waals surface area (Å²) in [6, 6.07) is 1.71. The van der Waals surface area contributed by atoms with Crippen LogP contribution in [0.3, 0.4) is 0 Å². The summed E-state index contributed by atoms with van der Waals surface area (Å²) in [6.07, 6.45) is 7.21. The molecule has 3 rings (SSSR count). The van der Waals surface area contributed by atoms with Crippen LogP contribution < -0.4 is 0 Å². The van der Waals surface area contributed by atoms with Gasteiger partial charge in [-0.1, -0.05) is 0 Å². The van der Waals surface area contributed by atoms with Crippen LogP contribution in [0.4, 0.5) is 8.63 Å². The zero-order valence-electron chi connectivity index (χ0n) is 16.9. The van der Waals surface area contributed by atoms with Crippen LogP contribution in [0.15, 0.2) is 28.9 Å². The Balaban J connectivity index is 1.49. The fraction of sp³-hybridized carbons (Fsp3) is 0.400. The van der Waals surface area contributed by atoms with Gasteiger partial charge in [-0.2, -0.15) is 0 Å². The molecule has 0 radical (unpaired) electrons. The standard InChI is InChI=1S/C20H22BF2N3O4/c1-13-11-14(2)25(21(22)23)17(13)12-16-8-7-15(24-16)5-3-4-6-20(29)30-26-18(27)9-10-19(26)28/h7-8,11-12H,3-6,9-10H2,1-2H3/b16-12-. The Kier molecular flexibility index (Phi) is 6.64. The van der Waals surface area contributed by atoms with E-state index in [0.717, 1.165) is 15.8 Å². The van der Waals surface area contributed by atoms with Crippen molar-refractivity contribution in [2.75, 3.05) is 0 Å². The maximum Gasteiger partial charge on any atom is 0.677 e. The van der Waals surface area contributed by atoms with Crippen molar-refractivity contribution in [1.29, 1.82) is 0 Å². The van der Waals surface area contributed by atoms with E-state index in [2.05, 4.69) is 4.99 Å². The third-order valence-electron chi connectivity index (χ3n) is 4.93. The molecule has 30 heavy (non-hydrogen) atoms. The molecule has 7 nitrogen and oxygen atoms in total. The number of aromatic nitrogens is 1. The molecule has 2 aliphatic heterocycles. The first-order valence-electron chi connectivity index (χ1n) is 9.76. The number of halogens is 2. The Morgan fingerprint density at radius 1 is 1.20 bits per heavy atom. The summed E-state index contributed by atoms with van der Waals surface area (Å²) >= 11 is 0. The highest BCUT2D eigenvalue weighted by molar-refractivity contribution is 6.41. The van der Waals surface area contributed by atoms with Gasteiger partial charge in [0.2, 0.25) is 0 Å². The number of hydroxylamine groups is 2. The minimum Gasteiger partial charge on any atom is -0.330 e. The van der Waals surface area contributed by atoms with Crippen LogP contribution in [0, 0.1) is 13.8 Å². The molecule has 2 aliphatic rings. The van der Waals surface area contributed by atoms with Crippen molar-refractivity contribution in [3.05, 3.63) is 40.9 Å². The van der Waals surface area contributed by atoms with Crippen LogP contribution in [0.1, 0.15) is 55.5 Å². The molecule has 0 atom stereocenters. The molecule has 0 unspecified atom stereocenters. The second kappa shape index (κ2) is 9.19. The third-order valence-corrected chi connectivity index (χ3v) is 4.93. The highest BCUT2D eigenvalue weighted by atomic mass is 19.2. The average molecular weight is 417 g/mol. The van der Waals surface area contributed by atoms with E-state index in [0.29, 0.717) is 41.4 Å². The second-order valence-corrected chi connectivity index (χ2v) is 7.26. The fourth-order valence-electron chi connectivity index (χ4n) is 3.44. The number of rotatable bonds is 8. The molecular weight excluding hydrogens is 395 g/mol. The van der Waals surface area contributed by atoms with Gasteiger partial charge in [0, 0.05) is 36.4 Å². The Morgan fingerprint density at radius 2 is 1.90 bits per heavy atom. The fourth-order valence-corrected chi connectivity index (χ4v) is 3.44. The van der Waals surface area contributed by atoms with Crippen LogP contribution >= 0.6 is 0 Å². The number of carbonyl (C=O) groups is 3. The Hall–Kier alpha value is -3.04. The zero-order valence-corrected chi connectivity index (χ0v) is 16.9. The maximum absolute atomic E-state index is 13.3. The number of amides is 2. The number of nitrogens with zero attached hydrogens (tertiary/aromatic N) is 3. The number of unbranched alkanes of at least 4 members (excludes halogenated alkanes) is 1. The minimum absolute atomic E-state index is 0.0647. The lowest BCUT2D eigenvalue weighted by atomic mass is 10.1. The van der Waals surface area contributed by atoms with Crippen molar-refractivity contribution in [2.24, 2.45) is 4.99 Å². The largest absolute Gasteiger partial charge is 0.677 e. The summed E-state index contributed by atoms with van der Waals surface area (Å²) in [5.74, 6) is -1.62. The van der Waals surface area contributed by atoms with Crippen LogP contribution in [-0.2, 0) is 19.2 Å². The van der Waals surface area contributed by atoms with E-state index in [1.54, 1.807) is 32.1 Å². The Bertz CT molecular complexity index is 949. The Morgan fingerprint density at radius 3 is 2.57 bits per heavy atom. The normalized spacial score (nSPS) is 17.3. The first-order valence-corrected chi connectivity index (χ1v) is 9.76. The molecule has 158 valence electrons. The number of carbonyl (C=O) groups excluding carboxylic acids is 3. The molecule has 1 aromatic heterocycles. The van der Waals surface area contributed by atoms with Gasteiger partial charge in [-0.25, -0.2) is 4.79 Å². The third kappa shape index (κ3) is 4.92. The summed E-state index contributed by atoms with van der Waals surface area (Å²) in [5.41, 5.74) is 3.07. The molecule has 1 saturated heterocycles. The number of aryl methyl sites for hydroxylation is 2. The van der Waals surface area contributed by atoms with Gasteiger partial charge >= 0.3 is 13.4 Å². The summed E-state index contributed by atoms with van der Waals surface area (Å²) in [6.45, 7) is 3.42. The molecule has 0 aliphatic carbocycles. The molecule has 2 amide bonds. The minimum atomic E-state index is -2.62. The molecule has 0 spiro atoms. The zero-order chi connectivity index (χ0) is 21.8. The lowest BCUT2D eigenvalue weighted by Gasteiger charge is -2.12. The van der Waals surface area contributed by atoms with E-state index in [9.17, 15) is 23.0 Å². The highest BCUT2D eigenvalue weighted by Gasteiger charge is 2.32. The van der Waals surface area contributed by atoms with E-state index in [1.165, 1.54) is 0 Å². The number of allylic oxidation sites excluding steroid dienone is 2. The van der Waals surface area contributed by atoms with E-state index in [4.69, 9.17) is 4.84 Å². The van der Waals surface area contributed by atoms with Crippen molar-refractivity contribution in [3.63, 3.8) is 0 Å². The van der Waals surface area contributed by atoms with Gasteiger partial charge in [0.1, 0.15) is 0 Å². The van der Waals surface area contributed by atoms with Crippen LogP contribution in [0.25, 0.3) is 6.08 Å². The van der Waals surface area contributed by atoms with Gasteiger partial charge in [0.25, 0.3) is 11.8 Å². The first-order chi connectivity index (χ1) is 14.3. The molecular formula is C20H22BF2N3O4. The van der Waals surface area contributed by atoms with Gasteiger partial charge in [-0.3, -0.25) is 23.2 Å². The average Bonchev–Trinajstić information content (AvgIpc) is 3.33. The van der Waals surface area contributed by atoms with Crippen molar-refractivity contribution in [1.82, 2.24) is 9.54 Å². The number of aliphatic imine (C=N–C) groups is 1. The molecule has 0 aromatic carbocycles. The number of hydrogen-bond donors (Lipinski definition) is 0. The lowest BCUT2D eigenvalue weighted by molar-refractivity contribution is -0.197. The maximum atomic E-state index is 13.3. The molecule has 0 N–H and O–H groups in total. The van der Waals surface area contributed by atoms with Crippen molar-refractivity contribution in [3.8, 4) is 0 Å². The van der Waals surface area contributed by atoms with Gasteiger partial charge in [0.15, 0.2) is 0 Å². The first kappa shape index (κ1) is 21.7. The van der Waals surface area contributed by atoms with E-state index in [1.807, 2.05) is 6.08 Å². The predicted molar refractivity (Wildman–Crippen MR) is 107 cm³/mol. The molecule has 1 fully saturated rings. The van der Waals surface area contributed by atoms with Crippen molar-refractivity contribution >= 4 is 37.0 Å². The number of imide groups is 1. The highest BCUT2D eigenvalue weighted by Crippen LogP contribution is 2.23. The molecule has 0 bridgehead atoms. The number of hydrogen-bond acceptors (Lipinski definition) is 5. The summed E-state index contributed by atoms with van der Waals surface area (Å²) in [7, 11) is -2.62. The Labute approximate surface area is 173 Å².